The Labute approximate surface area is 204 Å². The highest BCUT2D eigenvalue weighted by molar-refractivity contribution is 7.59. The average molecular weight is 487 g/mol. The predicted octanol–water partition coefficient (Wildman–Crippen LogP) is 6.89. The molecule has 35 heavy (non-hydrogen) atoms. The van der Waals surface area contributed by atoms with Crippen molar-refractivity contribution >= 4 is 46.7 Å². The maximum atomic E-state index is 13.9. The quantitative estimate of drug-likeness (QED) is 0.206. The van der Waals surface area contributed by atoms with Crippen molar-refractivity contribution in [1.29, 1.82) is 0 Å². The lowest BCUT2D eigenvalue weighted by atomic mass is 9.93. The third-order valence-electron chi connectivity index (χ3n) is 6.06. The number of carbonyl (C=O) groups is 2. The van der Waals surface area contributed by atoms with Crippen LogP contribution in [0.15, 0.2) is 84.9 Å². The van der Waals surface area contributed by atoms with Gasteiger partial charge in [0.05, 0.1) is 6.61 Å². The number of ketones is 1. The van der Waals surface area contributed by atoms with Gasteiger partial charge in [-0.3, -0.25) is 9.36 Å². The lowest BCUT2D eigenvalue weighted by Crippen LogP contribution is -2.17. The van der Waals surface area contributed by atoms with Crippen LogP contribution >= 0.6 is 7.37 Å². The monoisotopic (exact) mass is 486 g/mol. The summed E-state index contributed by atoms with van der Waals surface area (Å²) in [6.07, 6.45) is 2.55. The molecule has 0 spiro atoms. The molecule has 0 heterocycles. The second kappa shape index (κ2) is 10.4. The van der Waals surface area contributed by atoms with Gasteiger partial charge in [0.2, 0.25) is 7.37 Å². The minimum atomic E-state index is -3.38. The number of carboxylic acids is 1. The molecule has 5 nitrogen and oxygen atoms in total. The molecule has 0 fully saturated rings. The summed E-state index contributed by atoms with van der Waals surface area (Å²) in [5.74, 6) is -1.31. The van der Waals surface area contributed by atoms with Gasteiger partial charge in [0.15, 0.2) is 5.78 Å². The number of hydrogen-bond acceptors (Lipinski definition) is 4. The van der Waals surface area contributed by atoms with Gasteiger partial charge in [0.1, 0.15) is 5.66 Å². The van der Waals surface area contributed by atoms with E-state index in [9.17, 15) is 14.2 Å². The molecule has 0 aliphatic carbocycles. The maximum Gasteiger partial charge on any atom is 0.328 e. The number of hydrogen-bond donors (Lipinski definition) is 1. The Kier molecular flexibility index (Phi) is 7.30. The fraction of sp³-hybridized carbons (Fsp3) is 0.172. The smallest absolute Gasteiger partial charge is 0.328 e. The largest absolute Gasteiger partial charge is 0.478 e. The lowest BCUT2D eigenvalue weighted by Gasteiger charge is -2.25. The van der Waals surface area contributed by atoms with Crippen LogP contribution in [0.25, 0.3) is 27.6 Å². The SMILES string of the molecule is CCOP(C)(=O)C(C(=O)Cc1cc2ccccc2cc1/C=C/C(=O)O)c1cccc2ccccc12. The third kappa shape index (κ3) is 5.43. The fourth-order valence-corrected chi connectivity index (χ4v) is 6.57. The molecule has 0 amide bonds. The average Bonchev–Trinajstić information content (AvgIpc) is 2.82. The zero-order valence-electron chi connectivity index (χ0n) is 19.7. The van der Waals surface area contributed by atoms with Gasteiger partial charge < -0.3 is 9.63 Å². The molecule has 4 aromatic rings. The predicted molar refractivity (Wildman–Crippen MR) is 141 cm³/mol. The first-order chi connectivity index (χ1) is 16.8. The Morgan fingerprint density at radius 3 is 2.26 bits per heavy atom. The van der Waals surface area contributed by atoms with E-state index in [0.29, 0.717) is 16.7 Å². The molecule has 0 saturated carbocycles. The lowest BCUT2D eigenvalue weighted by molar-refractivity contribution is -0.131. The number of aliphatic carboxylic acids is 1. The van der Waals surface area contributed by atoms with Gasteiger partial charge in [-0.05, 0) is 57.3 Å². The Balaban J connectivity index is 1.83. The zero-order chi connectivity index (χ0) is 25.0. The van der Waals surface area contributed by atoms with Crippen LogP contribution in [0.3, 0.4) is 0 Å². The van der Waals surface area contributed by atoms with Crippen LogP contribution in [0.2, 0.25) is 0 Å². The molecule has 1 N–H and O–H groups in total. The highest BCUT2D eigenvalue weighted by Gasteiger charge is 2.37. The normalized spacial score (nSPS) is 14.2. The van der Waals surface area contributed by atoms with E-state index in [2.05, 4.69) is 0 Å². The van der Waals surface area contributed by atoms with Crippen LogP contribution in [-0.4, -0.2) is 30.1 Å². The number of carboxylic acid groups (broad SMARTS) is 1. The first kappa shape index (κ1) is 24.6. The molecule has 0 aliphatic heterocycles. The van der Waals surface area contributed by atoms with E-state index >= 15 is 0 Å². The third-order valence-corrected chi connectivity index (χ3v) is 8.33. The molecular weight excluding hydrogens is 459 g/mol. The van der Waals surface area contributed by atoms with Crippen LogP contribution in [0.4, 0.5) is 0 Å². The summed E-state index contributed by atoms with van der Waals surface area (Å²) in [4.78, 5) is 25.1. The highest BCUT2D eigenvalue weighted by Crippen LogP contribution is 2.58. The summed E-state index contributed by atoms with van der Waals surface area (Å²) in [6, 6.07) is 24.8. The molecule has 0 aliphatic rings. The van der Waals surface area contributed by atoms with Crippen molar-refractivity contribution in [2.24, 2.45) is 0 Å². The second-order valence-corrected chi connectivity index (χ2v) is 11.1. The number of fused-ring (bicyclic) bond motifs is 2. The zero-order valence-corrected chi connectivity index (χ0v) is 20.6. The summed E-state index contributed by atoms with van der Waals surface area (Å²) in [7, 11) is -3.38. The molecular formula is C29H27O5P. The molecule has 4 aromatic carbocycles. The van der Waals surface area contributed by atoms with Gasteiger partial charge in [-0.2, -0.15) is 0 Å². The minimum Gasteiger partial charge on any atom is -0.478 e. The molecule has 0 saturated heterocycles. The van der Waals surface area contributed by atoms with Crippen LogP contribution in [-0.2, 0) is 25.1 Å². The first-order valence-corrected chi connectivity index (χ1v) is 13.6. The minimum absolute atomic E-state index is 0.0110. The van der Waals surface area contributed by atoms with Gasteiger partial charge in [-0.15, -0.1) is 0 Å². The van der Waals surface area contributed by atoms with Crippen LogP contribution in [0.1, 0.15) is 29.3 Å². The van der Waals surface area contributed by atoms with E-state index in [4.69, 9.17) is 9.63 Å². The Morgan fingerprint density at radius 1 is 0.943 bits per heavy atom. The molecule has 6 heteroatoms. The molecule has 2 unspecified atom stereocenters. The first-order valence-electron chi connectivity index (χ1n) is 11.4. The van der Waals surface area contributed by atoms with Crippen molar-refractivity contribution in [2.45, 2.75) is 19.0 Å². The van der Waals surface area contributed by atoms with E-state index in [1.807, 2.05) is 78.9 Å². The molecule has 2 atom stereocenters. The molecule has 0 bridgehead atoms. The number of carbonyl (C=O) groups excluding carboxylic acids is 1. The number of benzene rings is 4. The van der Waals surface area contributed by atoms with E-state index in [1.54, 1.807) is 6.92 Å². The van der Waals surface area contributed by atoms with E-state index in [0.717, 1.165) is 27.6 Å². The van der Waals surface area contributed by atoms with Crippen LogP contribution in [0, 0.1) is 0 Å². The van der Waals surface area contributed by atoms with Gasteiger partial charge in [-0.1, -0.05) is 72.8 Å². The number of rotatable bonds is 9. The summed E-state index contributed by atoms with van der Waals surface area (Å²) < 4.78 is 19.4. The Bertz CT molecular complexity index is 1480. The van der Waals surface area contributed by atoms with Crippen molar-refractivity contribution in [3.63, 3.8) is 0 Å². The summed E-state index contributed by atoms with van der Waals surface area (Å²) in [6.45, 7) is 3.51. The standard InChI is InChI=1S/C29H27O5P/c1-3-34-35(2,33)29(26-14-8-12-20-9-6-7-13-25(20)26)27(30)19-24-18-22-11-5-4-10-21(22)17-23(24)15-16-28(31)32/h4-18,29H,3,19H2,1-2H3,(H,31,32)/b16-15+. The molecule has 4 rings (SSSR count). The van der Waals surface area contributed by atoms with Gasteiger partial charge in [-0.25, -0.2) is 4.79 Å². The maximum absolute atomic E-state index is 13.9. The van der Waals surface area contributed by atoms with Gasteiger partial charge in [0.25, 0.3) is 0 Å². The number of Topliss-reactive ketones (excluding diaryl/α,β-unsaturated/α-hetero) is 1. The summed E-state index contributed by atoms with van der Waals surface area (Å²) >= 11 is 0. The van der Waals surface area contributed by atoms with Crippen molar-refractivity contribution in [1.82, 2.24) is 0 Å². The second-order valence-electron chi connectivity index (χ2n) is 8.51. The topological polar surface area (TPSA) is 80.7 Å². The van der Waals surface area contributed by atoms with Crippen molar-refractivity contribution in [3.05, 3.63) is 102 Å². The van der Waals surface area contributed by atoms with Crippen molar-refractivity contribution < 1.29 is 23.8 Å². The Hall–Kier alpha value is -3.53. The van der Waals surface area contributed by atoms with Gasteiger partial charge >= 0.3 is 5.97 Å². The van der Waals surface area contributed by atoms with Crippen molar-refractivity contribution in [2.75, 3.05) is 13.3 Å². The molecule has 0 radical (unpaired) electrons. The summed E-state index contributed by atoms with van der Waals surface area (Å²) in [5, 5.41) is 12.8. The molecule has 0 aromatic heterocycles. The summed E-state index contributed by atoms with van der Waals surface area (Å²) in [5.41, 5.74) is 1.04. The van der Waals surface area contributed by atoms with E-state index in [-0.39, 0.29) is 18.8 Å². The highest BCUT2D eigenvalue weighted by atomic mass is 31.2. The van der Waals surface area contributed by atoms with E-state index in [1.165, 1.54) is 12.7 Å². The van der Waals surface area contributed by atoms with Crippen molar-refractivity contribution in [3.8, 4) is 0 Å². The van der Waals surface area contributed by atoms with Gasteiger partial charge in [0, 0.05) is 19.2 Å². The van der Waals surface area contributed by atoms with E-state index < -0.39 is 19.0 Å². The Morgan fingerprint density at radius 2 is 1.57 bits per heavy atom. The fourth-order valence-electron chi connectivity index (χ4n) is 4.57. The van der Waals surface area contributed by atoms with Crippen LogP contribution < -0.4 is 0 Å². The van der Waals surface area contributed by atoms with Crippen LogP contribution in [0.5, 0.6) is 0 Å². The molecule has 178 valence electrons.